The molecule has 49 heavy (non-hydrogen) atoms. The van der Waals surface area contributed by atoms with Gasteiger partial charge < -0.3 is 52.1 Å². The van der Waals surface area contributed by atoms with Crippen LogP contribution in [0.2, 0.25) is 0 Å². The molecule has 0 aromatic heterocycles. The average molecular weight is 707 g/mol. The first kappa shape index (κ1) is 44.7. The van der Waals surface area contributed by atoms with Gasteiger partial charge in [0.2, 0.25) is 0 Å². The zero-order valence-corrected chi connectivity index (χ0v) is 31.1. The summed E-state index contributed by atoms with van der Waals surface area (Å²) in [4.78, 5) is 0. The van der Waals surface area contributed by atoms with Crippen molar-refractivity contribution in [2.24, 2.45) is 0 Å². The lowest BCUT2D eigenvalue weighted by Gasteiger charge is -2.08. The highest BCUT2D eigenvalue weighted by Crippen LogP contribution is 2.09. The minimum Gasteiger partial charge on any atom is -0.381 e. The van der Waals surface area contributed by atoms with Gasteiger partial charge in [-0.2, -0.15) is 0 Å². The molecule has 0 radical (unpaired) electrons. The molecule has 0 N–H and O–H groups in total. The van der Waals surface area contributed by atoms with Crippen LogP contribution in [0.15, 0.2) is 0 Å². The number of hydrogen-bond acceptors (Lipinski definition) is 11. The molecule has 0 aromatic rings. The van der Waals surface area contributed by atoms with E-state index in [0.717, 1.165) is 235 Å². The summed E-state index contributed by atoms with van der Waals surface area (Å²) in [5, 5.41) is 0. The zero-order chi connectivity index (χ0) is 34.4. The molecular weight excluding hydrogens is 632 g/mol. The van der Waals surface area contributed by atoms with Gasteiger partial charge in [0, 0.05) is 106 Å². The Hall–Kier alpha value is -0.440. The van der Waals surface area contributed by atoms with Gasteiger partial charge in [-0.05, 0) is 103 Å². The first-order valence-corrected chi connectivity index (χ1v) is 19.9. The van der Waals surface area contributed by atoms with Crippen molar-refractivity contribution >= 4 is 0 Å². The van der Waals surface area contributed by atoms with E-state index in [9.17, 15) is 0 Å². The van der Waals surface area contributed by atoms with Crippen molar-refractivity contribution in [3.05, 3.63) is 0 Å². The fraction of sp³-hybridized carbons (Fsp3) is 1.00. The largest absolute Gasteiger partial charge is 0.381 e. The van der Waals surface area contributed by atoms with E-state index in [0.29, 0.717) is 12.2 Å². The number of rotatable bonds is 44. The summed E-state index contributed by atoms with van der Waals surface area (Å²) in [5.74, 6) is 0. The van der Waals surface area contributed by atoms with Gasteiger partial charge in [0.25, 0.3) is 0 Å². The molecule has 0 aliphatic carbocycles. The second kappa shape index (κ2) is 37.3. The molecule has 2 heterocycles. The summed E-state index contributed by atoms with van der Waals surface area (Å²) in [6.07, 6.45) is 17.6. The predicted molar refractivity (Wildman–Crippen MR) is 191 cm³/mol. The van der Waals surface area contributed by atoms with Crippen LogP contribution in [0, 0.1) is 0 Å². The van der Waals surface area contributed by atoms with Crippen LogP contribution in [-0.4, -0.2) is 144 Å². The maximum Gasteiger partial charge on any atom is 0.104 e. The van der Waals surface area contributed by atoms with Gasteiger partial charge >= 0.3 is 0 Å². The lowest BCUT2D eigenvalue weighted by molar-refractivity contribution is 0.0768. The van der Waals surface area contributed by atoms with Crippen molar-refractivity contribution in [3.63, 3.8) is 0 Å². The van der Waals surface area contributed by atoms with E-state index in [1.165, 1.54) is 0 Å². The topological polar surface area (TPSA) is 108 Å². The Morgan fingerprint density at radius 2 is 0.388 bits per heavy atom. The highest BCUT2D eigenvalue weighted by molar-refractivity contribution is 4.67. The Labute approximate surface area is 298 Å². The number of ether oxygens (including phenoxy) is 11. The van der Waals surface area contributed by atoms with Crippen LogP contribution in [0.3, 0.4) is 0 Å². The third kappa shape index (κ3) is 37.1. The molecular formula is C38H74O11. The van der Waals surface area contributed by atoms with Crippen LogP contribution in [0.1, 0.15) is 103 Å². The van der Waals surface area contributed by atoms with Crippen LogP contribution in [0.25, 0.3) is 0 Å². The van der Waals surface area contributed by atoms with E-state index in [1.54, 1.807) is 0 Å². The molecule has 0 bridgehead atoms. The van der Waals surface area contributed by atoms with E-state index in [1.807, 2.05) is 0 Å². The maximum absolute atomic E-state index is 5.75. The molecule has 2 unspecified atom stereocenters. The average Bonchev–Trinajstić information content (AvgIpc) is 4.05. The Bertz CT molecular complexity index is 585. The molecule has 2 saturated heterocycles. The fourth-order valence-electron chi connectivity index (χ4n) is 4.74. The fourth-order valence-corrected chi connectivity index (χ4v) is 4.74. The zero-order valence-electron chi connectivity index (χ0n) is 31.1. The van der Waals surface area contributed by atoms with Gasteiger partial charge in [-0.15, -0.1) is 0 Å². The molecule has 2 aliphatic heterocycles. The predicted octanol–water partition coefficient (Wildman–Crippen LogP) is 6.18. The van der Waals surface area contributed by atoms with Crippen molar-refractivity contribution in [2.75, 3.05) is 132 Å². The van der Waals surface area contributed by atoms with Crippen molar-refractivity contribution in [3.8, 4) is 0 Å². The molecule has 11 heteroatoms. The third-order valence-corrected chi connectivity index (χ3v) is 8.03. The summed E-state index contributed by atoms with van der Waals surface area (Å²) < 4.78 is 61.3. The molecule has 0 amide bonds. The van der Waals surface area contributed by atoms with Crippen LogP contribution in [-0.2, 0) is 52.1 Å². The van der Waals surface area contributed by atoms with Crippen LogP contribution in [0.5, 0.6) is 0 Å². The van der Waals surface area contributed by atoms with Gasteiger partial charge in [-0.3, -0.25) is 0 Å². The van der Waals surface area contributed by atoms with Crippen LogP contribution >= 0.6 is 0 Å². The Morgan fingerprint density at radius 1 is 0.245 bits per heavy atom. The Kier molecular flexibility index (Phi) is 34.1. The summed E-state index contributed by atoms with van der Waals surface area (Å²) in [6, 6.07) is 0. The van der Waals surface area contributed by atoms with Gasteiger partial charge in [0.15, 0.2) is 0 Å². The van der Waals surface area contributed by atoms with E-state index in [4.69, 9.17) is 52.1 Å². The molecule has 0 spiro atoms. The minimum absolute atomic E-state index is 0.363. The van der Waals surface area contributed by atoms with Gasteiger partial charge in [-0.25, -0.2) is 0 Å². The number of hydrogen-bond donors (Lipinski definition) is 0. The molecule has 292 valence electrons. The van der Waals surface area contributed by atoms with Gasteiger partial charge in [-0.1, -0.05) is 0 Å². The van der Waals surface area contributed by atoms with Crippen molar-refractivity contribution in [1.29, 1.82) is 0 Å². The number of unbranched alkanes of at least 4 members (excludes halogenated alkanes) is 8. The molecule has 2 atom stereocenters. The minimum atomic E-state index is 0.363. The van der Waals surface area contributed by atoms with E-state index in [2.05, 4.69) is 0 Å². The SMILES string of the molecule is C(CCOCCCCOCCCCOCCCCOCC1CO1)COCCCCOCCCCOCCCCOCCCCOCC1CO1. The molecule has 0 saturated carbocycles. The van der Waals surface area contributed by atoms with Crippen molar-refractivity contribution in [1.82, 2.24) is 0 Å². The number of epoxide rings is 2. The quantitative estimate of drug-likeness (QED) is 0.0536. The highest BCUT2D eigenvalue weighted by Gasteiger charge is 2.22. The van der Waals surface area contributed by atoms with Crippen LogP contribution in [0.4, 0.5) is 0 Å². The first-order chi connectivity index (χ1) is 24.4. The summed E-state index contributed by atoms with van der Waals surface area (Å²) >= 11 is 0. The van der Waals surface area contributed by atoms with Gasteiger partial charge in [0.05, 0.1) is 26.4 Å². The molecule has 2 aliphatic rings. The Morgan fingerprint density at radius 3 is 0.531 bits per heavy atom. The molecule has 0 aromatic carbocycles. The van der Waals surface area contributed by atoms with Crippen molar-refractivity contribution < 1.29 is 52.1 Å². The Balaban J connectivity index is 1.09. The van der Waals surface area contributed by atoms with Gasteiger partial charge in [0.1, 0.15) is 12.2 Å². The summed E-state index contributed by atoms with van der Waals surface area (Å²) in [5.41, 5.74) is 0. The second-order valence-corrected chi connectivity index (χ2v) is 13.0. The summed E-state index contributed by atoms with van der Waals surface area (Å²) in [6.45, 7) is 16.3. The van der Waals surface area contributed by atoms with E-state index < -0.39 is 0 Å². The normalized spacial score (nSPS) is 16.9. The molecule has 2 rings (SSSR count). The lowest BCUT2D eigenvalue weighted by Crippen LogP contribution is -2.05. The smallest absolute Gasteiger partial charge is 0.104 e. The highest BCUT2D eigenvalue weighted by atomic mass is 16.6. The van der Waals surface area contributed by atoms with E-state index in [-0.39, 0.29) is 0 Å². The van der Waals surface area contributed by atoms with Crippen LogP contribution < -0.4 is 0 Å². The standard InChI is InChI=1S/C38H74O11/c1(3-19-40-21-5-7-23-42-25-9-11-27-44-29-13-15-31-46-33-37-35-48-37)17-39-18-2-4-20-41-22-6-8-24-43-26-10-12-28-45-30-14-16-32-47-34-38-36-49-38/h37-38H,1-36H2. The third-order valence-electron chi connectivity index (χ3n) is 8.03. The molecule has 11 nitrogen and oxygen atoms in total. The second-order valence-electron chi connectivity index (χ2n) is 13.0. The van der Waals surface area contributed by atoms with Crippen molar-refractivity contribution in [2.45, 2.75) is 115 Å². The molecule has 2 fully saturated rings. The maximum atomic E-state index is 5.75. The van der Waals surface area contributed by atoms with E-state index >= 15 is 0 Å². The lowest BCUT2D eigenvalue weighted by atomic mass is 10.3. The summed E-state index contributed by atoms with van der Waals surface area (Å²) in [7, 11) is 0. The first-order valence-electron chi connectivity index (χ1n) is 19.9. The monoisotopic (exact) mass is 707 g/mol.